The Kier molecular flexibility index (Phi) is 7.22. The highest BCUT2D eigenvalue weighted by Gasteiger charge is 2.10. The lowest BCUT2D eigenvalue weighted by molar-refractivity contribution is -0.115. The molecule has 0 aliphatic carbocycles. The maximum atomic E-state index is 12.5. The quantitative estimate of drug-likeness (QED) is 0.382. The van der Waals surface area contributed by atoms with E-state index in [1.165, 1.54) is 27.5 Å². The van der Waals surface area contributed by atoms with Crippen molar-refractivity contribution in [1.82, 2.24) is 9.55 Å². The van der Waals surface area contributed by atoms with Gasteiger partial charge in [-0.1, -0.05) is 47.5 Å². The summed E-state index contributed by atoms with van der Waals surface area (Å²) in [6, 6.07) is 18.2. The number of rotatable bonds is 8. The number of anilines is 1. The number of aromatic nitrogens is 2. The Labute approximate surface area is 200 Å². The van der Waals surface area contributed by atoms with Gasteiger partial charge in [-0.2, -0.15) is 0 Å². The molecule has 4 aromatic rings. The molecule has 0 saturated heterocycles. The molecule has 0 bridgehead atoms. The van der Waals surface area contributed by atoms with Gasteiger partial charge in [0.05, 0.1) is 24.3 Å². The minimum absolute atomic E-state index is 0.130. The largest absolute Gasteiger partial charge is 0.486 e. The maximum absolute atomic E-state index is 12.5. The van der Waals surface area contributed by atoms with Crippen LogP contribution in [0.3, 0.4) is 0 Å². The van der Waals surface area contributed by atoms with Gasteiger partial charge in [-0.25, -0.2) is 4.98 Å². The first-order chi connectivity index (χ1) is 16.0. The van der Waals surface area contributed by atoms with Crippen LogP contribution in [0.5, 0.6) is 5.75 Å². The van der Waals surface area contributed by atoms with Gasteiger partial charge in [0.1, 0.15) is 17.4 Å². The molecule has 0 spiro atoms. The fourth-order valence-corrected chi connectivity index (χ4v) is 4.09. The van der Waals surface area contributed by atoms with Crippen LogP contribution in [0.2, 0.25) is 5.02 Å². The average molecular weight is 480 g/mol. The highest BCUT2D eigenvalue weighted by molar-refractivity contribution is 7.09. The molecule has 0 aliphatic rings. The van der Waals surface area contributed by atoms with Gasteiger partial charge in [-0.05, 0) is 36.8 Å². The van der Waals surface area contributed by atoms with Gasteiger partial charge in [0.2, 0.25) is 5.91 Å². The zero-order chi connectivity index (χ0) is 23.2. The number of amides is 1. The van der Waals surface area contributed by atoms with E-state index < -0.39 is 0 Å². The first-order valence-electron chi connectivity index (χ1n) is 10.3. The van der Waals surface area contributed by atoms with E-state index in [0.717, 1.165) is 16.3 Å². The summed E-state index contributed by atoms with van der Waals surface area (Å²) in [4.78, 5) is 29.2. The summed E-state index contributed by atoms with van der Waals surface area (Å²) in [5.74, 6) is 0.566. The highest BCUT2D eigenvalue weighted by Crippen LogP contribution is 2.18. The van der Waals surface area contributed by atoms with Crippen molar-refractivity contribution < 1.29 is 9.53 Å². The third kappa shape index (κ3) is 6.31. The topological polar surface area (TPSA) is 73.2 Å². The van der Waals surface area contributed by atoms with Crippen molar-refractivity contribution >= 4 is 34.5 Å². The van der Waals surface area contributed by atoms with Gasteiger partial charge >= 0.3 is 0 Å². The van der Waals surface area contributed by atoms with E-state index in [4.69, 9.17) is 16.3 Å². The smallest absolute Gasteiger partial charge is 0.250 e. The monoisotopic (exact) mass is 479 g/mol. The molecule has 6 nitrogen and oxygen atoms in total. The van der Waals surface area contributed by atoms with Gasteiger partial charge < -0.3 is 14.6 Å². The summed E-state index contributed by atoms with van der Waals surface area (Å²) < 4.78 is 7.26. The predicted molar refractivity (Wildman–Crippen MR) is 131 cm³/mol. The standard InChI is InChI=1S/C25H22ClN3O3S/c1-17-6-9-21(10-7-17)32-15-24-28-20(16-33-24)12-23(30)27-19-8-11-25(31)29(14-19)13-18-4-2-3-5-22(18)26/h2-11,14,16H,12-13,15H2,1H3,(H,27,30). The summed E-state index contributed by atoms with van der Waals surface area (Å²) in [5.41, 5.74) is 3.02. The molecule has 168 valence electrons. The minimum atomic E-state index is -0.214. The molecule has 0 unspecified atom stereocenters. The molecule has 2 aromatic carbocycles. The van der Waals surface area contributed by atoms with Crippen LogP contribution in [0, 0.1) is 6.92 Å². The van der Waals surface area contributed by atoms with Crippen LogP contribution in [0.25, 0.3) is 0 Å². The van der Waals surface area contributed by atoms with Crippen molar-refractivity contribution in [2.45, 2.75) is 26.5 Å². The number of carbonyl (C=O) groups excluding carboxylic acids is 1. The maximum Gasteiger partial charge on any atom is 0.250 e. The van der Waals surface area contributed by atoms with E-state index in [9.17, 15) is 9.59 Å². The number of benzene rings is 2. The van der Waals surface area contributed by atoms with E-state index in [0.29, 0.717) is 29.6 Å². The van der Waals surface area contributed by atoms with Crippen LogP contribution in [0.1, 0.15) is 21.8 Å². The molecule has 8 heteroatoms. The molecule has 0 atom stereocenters. The highest BCUT2D eigenvalue weighted by atomic mass is 35.5. The van der Waals surface area contributed by atoms with Crippen LogP contribution in [0.15, 0.2) is 77.0 Å². The van der Waals surface area contributed by atoms with E-state index >= 15 is 0 Å². The second-order valence-corrected chi connectivity index (χ2v) is 8.88. The zero-order valence-electron chi connectivity index (χ0n) is 18.0. The Bertz CT molecular complexity index is 1310. The molecule has 33 heavy (non-hydrogen) atoms. The fraction of sp³-hybridized carbons (Fsp3) is 0.160. The summed E-state index contributed by atoms with van der Waals surface area (Å²) in [7, 11) is 0. The first kappa shape index (κ1) is 22.8. The molecular formula is C25H22ClN3O3S. The number of halogens is 1. The number of nitrogens with one attached hydrogen (secondary N) is 1. The zero-order valence-corrected chi connectivity index (χ0v) is 19.5. The van der Waals surface area contributed by atoms with E-state index in [2.05, 4.69) is 10.3 Å². The molecule has 0 radical (unpaired) electrons. The molecule has 1 amide bonds. The van der Waals surface area contributed by atoms with E-state index in [1.807, 2.05) is 54.8 Å². The normalized spacial score (nSPS) is 10.7. The van der Waals surface area contributed by atoms with Gasteiger partial charge in [0, 0.05) is 22.7 Å². The lowest BCUT2D eigenvalue weighted by Gasteiger charge is -2.10. The molecule has 2 heterocycles. The summed E-state index contributed by atoms with van der Waals surface area (Å²) in [5, 5.41) is 6.07. The molecule has 1 N–H and O–H groups in total. The van der Waals surface area contributed by atoms with Crippen LogP contribution < -0.4 is 15.6 Å². The molecule has 0 aliphatic heterocycles. The van der Waals surface area contributed by atoms with Crippen molar-refractivity contribution in [3.05, 3.63) is 109 Å². The number of thiazole rings is 1. The molecule has 2 aromatic heterocycles. The van der Waals surface area contributed by atoms with Gasteiger partial charge in [-0.15, -0.1) is 11.3 Å². The molecule has 0 saturated carbocycles. The van der Waals surface area contributed by atoms with Gasteiger partial charge in [-0.3, -0.25) is 9.59 Å². The Balaban J connectivity index is 1.35. The Morgan fingerprint density at radius 3 is 2.70 bits per heavy atom. The fourth-order valence-electron chi connectivity index (χ4n) is 3.18. The third-order valence-corrected chi connectivity index (χ3v) is 6.13. The number of pyridine rings is 1. The predicted octanol–water partition coefficient (Wildman–Crippen LogP) is 5.08. The summed E-state index contributed by atoms with van der Waals surface area (Å²) >= 11 is 7.66. The molecule has 4 rings (SSSR count). The number of carbonyl (C=O) groups is 1. The summed E-state index contributed by atoms with van der Waals surface area (Å²) in [6.07, 6.45) is 1.75. The van der Waals surface area contributed by atoms with Crippen LogP contribution >= 0.6 is 22.9 Å². The average Bonchev–Trinajstić information content (AvgIpc) is 3.24. The minimum Gasteiger partial charge on any atom is -0.486 e. The third-order valence-electron chi connectivity index (χ3n) is 4.89. The Hall–Kier alpha value is -3.42. The lowest BCUT2D eigenvalue weighted by atomic mass is 10.2. The molecular weight excluding hydrogens is 458 g/mol. The van der Waals surface area contributed by atoms with E-state index in [-0.39, 0.29) is 17.9 Å². The van der Waals surface area contributed by atoms with Crippen molar-refractivity contribution in [3.8, 4) is 5.75 Å². The van der Waals surface area contributed by atoms with Gasteiger partial charge in [0.15, 0.2) is 0 Å². The van der Waals surface area contributed by atoms with Crippen molar-refractivity contribution in [3.63, 3.8) is 0 Å². The first-order valence-corrected chi connectivity index (χ1v) is 11.6. The van der Waals surface area contributed by atoms with Crippen molar-refractivity contribution in [2.75, 3.05) is 5.32 Å². The second-order valence-electron chi connectivity index (χ2n) is 7.53. The Morgan fingerprint density at radius 2 is 1.91 bits per heavy atom. The number of ether oxygens (including phenoxy) is 1. The SMILES string of the molecule is Cc1ccc(OCc2nc(CC(=O)Nc3ccc(=O)n(Cc4ccccc4Cl)c3)cs2)cc1. The summed E-state index contributed by atoms with van der Waals surface area (Å²) in [6.45, 7) is 2.69. The van der Waals surface area contributed by atoms with Crippen LogP contribution in [0.4, 0.5) is 5.69 Å². The number of nitrogens with zero attached hydrogens (tertiary/aromatic N) is 2. The Morgan fingerprint density at radius 1 is 1.12 bits per heavy atom. The number of hydrogen-bond donors (Lipinski definition) is 1. The van der Waals surface area contributed by atoms with E-state index in [1.54, 1.807) is 18.3 Å². The van der Waals surface area contributed by atoms with Gasteiger partial charge in [0.25, 0.3) is 5.56 Å². The number of aryl methyl sites for hydroxylation is 1. The van der Waals surface area contributed by atoms with Crippen molar-refractivity contribution in [2.24, 2.45) is 0 Å². The lowest BCUT2D eigenvalue weighted by Crippen LogP contribution is -2.22. The van der Waals surface area contributed by atoms with Crippen molar-refractivity contribution in [1.29, 1.82) is 0 Å². The van der Waals surface area contributed by atoms with Crippen LogP contribution in [-0.4, -0.2) is 15.5 Å². The molecule has 0 fully saturated rings. The van der Waals surface area contributed by atoms with Crippen LogP contribution in [-0.2, 0) is 24.4 Å². The number of hydrogen-bond acceptors (Lipinski definition) is 5. The second kappa shape index (κ2) is 10.5.